The third kappa shape index (κ3) is 5.38. The predicted octanol–water partition coefficient (Wildman–Crippen LogP) is 5.35. The molecule has 35 heavy (non-hydrogen) atoms. The zero-order valence-electron chi connectivity index (χ0n) is 20.0. The molecule has 2 heterocycles. The van der Waals surface area contributed by atoms with Gasteiger partial charge in [-0.05, 0) is 80.2 Å². The lowest BCUT2D eigenvalue weighted by atomic mass is 9.96. The largest absolute Gasteiger partial charge is 0.479 e. The van der Waals surface area contributed by atoms with Crippen LogP contribution in [-0.4, -0.2) is 42.5 Å². The quantitative estimate of drug-likeness (QED) is 0.510. The van der Waals surface area contributed by atoms with Crippen molar-refractivity contribution < 1.29 is 14.3 Å². The minimum atomic E-state index is -0.534. The molecule has 1 unspecified atom stereocenters. The number of anilines is 2. The number of piperidine rings is 1. The first kappa shape index (κ1) is 23.1. The molecule has 0 aliphatic carbocycles. The van der Waals surface area contributed by atoms with Crippen LogP contribution < -0.4 is 15.4 Å². The Bertz CT molecular complexity index is 1220. The Morgan fingerprint density at radius 1 is 1.00 bits per heavy atom. The van der Waals surface area contributed by atoms with Crippen molar-refractivity contribution >= 4 is 23.2 Å². The Kier molecular flexibility index (Phi) is 6.82. The van der Waals surface area contributed by atoms with Gasteiger partial charge < -0.3 is 20.3 Å². The molecule has 180 valence electrons. The minimum absolute atomic E-state index is 0.158. The van der Waals surface area contributed by atoms with Gasteiger partial charge in [0.25, 0.3) is 11.8 Å². The number of nitrogens with zero attached hydrogens (tertiary/aromatic N) is 1. The van der Waals surface area contributed by atoms with E-state index in [0.717, 1.165) is 42.7 Å². The van der Waals surface area contributed by atoms with E-state index in [2.05, 4.69) is 33.7 Å². The van der Waals surface area contributed by atoms with E-state index in [1.807, 2.05) is 30.3 Å². The fraction of sp³-hybridized carbons (Fsp3) is 0.310. The van der Waals surface area contributed by atoms with Crippen molar-refractivity contribution in [2.24, 2.45) is 0 Å². The van der Waals surface area contributed by atoms with Gasteiger partial charge in [-0.2, -0.15) is 0 Å². The highest BCUT2D eigenvalue weighted by Crippen LogP contribution is 2.32. The van der Waals surface area contributed by atoms with Crippen LogP contribution in [0.3, 0.4) is 0 Å². The Morgan fingerprint density at radius 3 is 2.60 bits per heavy atom. The molecular weight excluding hydrogens is 438 g/mol. The molecule has 2 amide bonds. The lowest BCUT2D eigenvalue weighted by Gasteiger charge is -2.26. The maximum absolute atomic E-state index is 13.4. The van der Waals surface area contributed by atoms with Gasteiger partial charge >= 0.3 is 0 Å². The zero-order valence-corrected chi connectivity index (χ0v) is 20.0. The number of hydrogen-bond acceptors (Lipinski definition) is 4. The molecule has 5 rings (SSSR count). The number of benzene rings is 3. The molecule has 6 heteroatoms. The molecule has 1 fully saturated rings. The molecule has 2 aliphatic heterocycles. The molecule has 0 aromatic heterocycles. The van der Waals surface area contributed by atoms with E-state index in [0.29, 0.717) is 22.7 Å². The van der Waals surface area contributed by atoms with Crippen LogP contribution in [0.5, 0.6) is 5.75 Å². The number of likely N-dealkylation sites (tertiary alicyclic amines) is 1. The van der Waals surface area contributed by atoms with Crippen molar-refractivity contribution in [1.82, 2.24) is 4.90 Å². The fourth-order valence-corrected chi connectivity index (χ4v) is 4.78. The van der Waals surface area contributed by atoms with Crippen molar-refractivity contribution in [2.75, 3.05) is 30.3 Å². The molecule has 3 aromatic carbocycles. The van der Waals surface area contributed by atoms with Gasteiger partial charge in [0.15, 0.2) is 6.10 Å². The van der Waals surface area contributed by atoms with Crippen molar-refractivity contribution in [1.29, 1.82) is 0 Å². The summed E-state index contributed by atoms with van der Waals surface area (Å²) in [5.74, 6) is 0.247. The van der Waals surface area contributed by atoms with Crippen LogP contribution in [0.1, 0.15) is 42.1 Å². The maximum Gasteiger partial charge on any atom is 0.265 e. The molecular formula is C29H31N3O3. The summed E-state index contributed by atoms with van der Waals surface area (Å²) in [4.78, 5) is 27.8. The second kappa shape index (κ2) is 10.3. The van der Waals surface area contributed by atoms with Crippen molar-refractivity contribution in [3.8, 4) is 16.9 Å². The molecule has 1 atom stereocenters. The van der Waals surface area contributed by atoms with Crippen molar-refractivity contribution in [2.45, 2.75) is 38.7 Å². The van der Waals surface area contributed by atoms with E-state index in [-0.39, 0.29) is 11.8 Å². The first-order valence-corrected chi connectivity index (χ1v) is 12.4. The number of hydrogen-bond donors (Lipinski definition) is 2. The SMILES string of the molecule is CC1Oc2ccc(NC(=O)c3ccc(-c4ccccc4)cc3CCN3CCCCC3)cc2NC1=O. The highest BCUT2D eigenvalue weighted by Gasteiger charge is 2.24. The molecule has 2 aliphatic rings. The van der Waals surface area contributed by atoms with Gasteiger partial charge in [-0.3, -0.25) is 9.59 Å². The molecule has 2 N–H and O–H groups in total. The number of fused-ring (bicyclic) bond motifs is 1. The lowest BCUT2D eigenvalue weighted by Crippen LogP contribution is -2.34. The smallest absolute Gasteiger partial charge is 0.265 e. The van der Waals surface area contributed by atoms with Crippen LogP contribution >= 0.6 is 0 Å². The molecule has 1 saturated heterocycles. The fourth-order valence-electron chi connectivity index (χ4n) is 4.78. The van der Waals surface area contributed by atoms with E-state index >= 15 is 0 Å². The average Bonchev–Trinajstić information content (AvgIpc) is 2.89. The summed E-state index contributed by atoms with van der Waals surface area (Å²) < 4.78 is 5.62. The van der Waals surface area contributed by atoms with Crippen LogP contribution in [-0.2, 0) is 11.2 Å². The van der Waals surface area contributed by atoms with Gasteiger partial charge in [0.05, 0.1) is 5.69 Å². The topological polar surface area (TPSA) is 70.7 Å². The van der Waals surface area contributed by atoms with E-state index in [1.165, 1.54) is 19.3 Å². The van der Waals surface area contributed by atoms with Gasteiger partial charge in [0, 0.05) is 17.8 Å². The molecule has 6 nitrogen and oxygen atoms in total. The van der Waals surface area contributed by atoms with Gasteiger partial charge in [0.2, 0.25) is 0 Å². The Morgan fingerprint density at radius 2 is 1.80 bits per heavy atom. The van der Waals surface area contributed by atoms with Gasteiger partial charge in [-0.15, -0.1) is 0 Å². The van der Waals surface area contributed by atoms with Crippen LogP contribution in [0, 0.1) is 0 Å². The first-order valence-electron chi connectivity index (χ1n) is 12.4. The van der Waals surface area contributed by atoms with E-state index in [4.69, 9.17) is 4.74 Å². The summed E-state index contributed by atoms with van der Waals surface area (Å²) in [6, 6.07) is 21.6. The summed E-state index contributed by atoms with van der Waals surface area (Å²) in [6.45, 7) is 4.90. The zero-order chi connectivity index (χ0) is 24.2. The first-order chi connectivity index (χ1) is 17.1. The normalized spacial score (nSPS) is 17.7. The molecule has 0 bridgehead atoms. The number of carbonyl (C=O) groups is 2. The third-order valence-corrected chi connectivity index (χ3v) is 6.77. The summed E-state index contributed by atoms with van der Waals surface area (Å²) in [6.07, 6.45) is 4.08. The van der Waals surface area contributed by atoms with Gasteiger partial charge in [0.1, 0.15) is 5.75 Å². The number of ether oxygens (including phenoxy) is 1. The van der Waals surface area contributed by atoms with E-state index in [9.17, 15) is 9.59 Å². The molecule has 0 radical (unpaired) electrons. The number of amides is 2. The van der Waals surface area contributed by atoms with Crippen LogP contribution in [0.25, 0.3) is 11.1 Å². The third-order valence-electron chi connectivity index (χ3n) is 6.77. The highest BCUT2D eigenvalue weighted by atomic mass is 16.5. The van der Waals surface area contributed by atoms with Crippen LogP contribution in [0.2, 0.25) is 0 Å². The monoisotopic (exact) mass is 469 g/mol. The van der Waals surface area contributed by atoms with Gasteiger partial charge in [-0.1, -0.05) is 48.9 Å². The van der Waals surface area contributed by atoms with Crippen molar-refractivity contribution in [3.05, 3.63) is 77.9 Å². The van der Waals surface area contributed by atoms with E-state index < -0.39 is 6.10 Å². The number of nitrogens with one attached hydrogen (secondary N) is 2. The molecule has 0 saturated carbocycles. The summed E-state index contributed by atoms with van der Waals surface area (Å²) >= 11 is 0. The second-order valence-corrected chi connectivity index (χ2v) is 9.30. The lowest BCUT2D eigenvalue weighted by molar-refractivity contribution is -0.122. The Hall–Kier alpha value is -3.64. The minimum Gasteiger partial charge on any atom is -0.479 e. The predicted molar refractivity (Wildman–Crippen MR) is 139 cm³/mol. The average molecular weight is 470 g/mol. The molecule has 3 aromatic rings. The number of carbonyl (C=O) groups excluding carboxylic acids is 2. The maximum atomic E-state index is 13.4. The molecule has 0 spiro atoms. The number of rotatable bonds is 6. The summed E-state index contributed by atoms with van der Waals surface area (Å²) in [7, 11) is 0. The van der Waals surface area contributed by atoms with E-state index in [1.54, 1.807) is 25.1 Å². The van der Waals surface area contributed by atoms with Crippen LogP contribution in [0.15, 0.2) is 66.7 Å². The van der Waals surface area contributed by atoms with Crippen molar-refractivity contribution in [3.63, 3.8) is 0 Å². The Balaban J connectivity index is 1.38. The standard InChI is InChI=1S/C29H31N3O3/c1-20-28(33)31-26-19-24(11-13-27(26)35-20)30-29(34)25-12-10-22(21-8-4-2-5-9-21)18-23(25)14-17-32-15-6-3-7-16-32/h2,4-5,8-13,18-20H,3,6-7,14-17H2,1H3,(H,30,34)(H,31,33). The van der Waals surface area contributed by atoms with Gasteiger partial charge in [-0.25, -0.2) is 0 Å². The Labute approximate surface area is 206 Å². The second-order valence-electron chi connectivity index (χ2n) is 9.30. The summed E-state index contributed by atoms with van der Waals surface area (Å²) in [5, 5.41) is 5.85. The highest BCUT2D eigenvalue weighted by molar-refractivity contribution is 6.06. The van der Waals surface area contributed by atoms with Crippen LogP contribution in [0.4, 0.5) is 11.4 Å². The summed E-state index contributed by atoms with van der Waals surface area (Å²) in [5.41, 5.74) is 5.14.